The first-order valence-corrected chi connectivity index (χ1v) is 4.36. The topological polar surface area (TPSA) is 43.4 Å². The molecule has 1 unspecified atom stereocenters. The van der Waals surface area contributed by atoms with E-state index >= 15 is 0 Å². The lowest BCUT2D eigenvalue weighted by Gasteiger charge is -2.25. The number of hydrogen-bond acceptors (Lipinski definition) is 3. The van der Waals surface area contributed by atoms with Gasteiger partial charge in [0, 0.05) is 0 Å². The zero-order chi connectivity index (χ0) is 11.6. The Hall–Kier alpha value is -1.30. The standard InChI is InChI=1S/C11H16O3/c1-7-11(6,8(2)12)9(13)14-10(3,4)5/h1H,2-6H3. The number of hydrogen-bond donors (Lipinski definition) is 0. The molecule has 0 aliphatic rings. The summed E-state index contributed by atoms with van der Waals surface area (Å²) >= 11 is 0. The number of terminal acetylenes is 1. The van der Waals surface area contributed by atoms with Gasteiger partial charge in [-0.05, 0) is 34.6 Å². The fraction of sp³-hybridized carbons (Fsp3) is 0.636. The smallest absolute Gasteiger partial charge is 0.332 e. The molecule has 0 bridgehead atoms. The molecule has 0 fully saturated rings. The number of esters is 1. The van der Waals surface area contributed by atoms with Crippen molar-refractivity contribution < 1.29 is 14.3 Å². The van der Waals surface area contributed by atoms with Crippen molar-refractivity contribution >= 4 is 11.8 Å². The molecule has 14 heavy (non-hydrogen) atoms. The molecule has 0 radical (unpaired) electrons. The van der Waals surface area contributed by atoms with E-state index in [4.69, 9.17) is 11.2 Å². The van der Waals surface area contributed by atoms with Gasteiger partial charge in [-0.1, -0.05) is 5.92 Å². The van der Waals surface area contributed by atoms with Gasteiger partial charge in [-0.25, -0.2) is 4.79 Å². The number of carbonyl (C=O) groups is 2. The van der Waals surface area contributed by atoms with E-state index in [2.05, 4.69) is 5.92 Å². The first kappa shape index (κ1) is 12.7. The Labute approximate surface area is 84.8 Å². The Morgan fingerprint density at radius 1 is 1.21 bits per heavy atom. The van der Waals surface area contributed by atoms with Crippen molar-refractivity contribution in [1.29, 1.82) is 0 Å². The average molecular weight is 196 g/mol. The van der Waals surface area contributed by atoms with E-state index in [1.807, 2.05) is 0 Å². The minimum Gasteiger partial charge on any atom is -0.459 e. The highest BCUT2D eigenvalue weighted by Crippen LogP contribution is 2.22. The molecule has 1 atom stereocenters. The van der Waals surface area contributed by atoms with Crippen LogP contribution in [0.2, 0.25) is 0 Å². The van der Waals surface area contributed by atoms with Crippen molar-refractivity contribution in [3.8, 4) is 12.3 Å². The SMILES string of the molecule is C#CC(C)(C(C)=O)C(=O)OC(C)(C)C. The summed E-state index contributed by atoms with van der Waals surface area (Å²) in [6, 6.07) is 0. The third-order valence-corrected chi connectivity index (χ3v) is 1.80. The van der Waals surface area contributed by atoms with E-state index in [-0.39, 0.29) is 5.78 Å². The number of ether oxygens (including phenoxy) is 1. The predicted octanol–water partition coefficient (Wildman–Crippen LogP) is 1.56. The summed E-state index contributed by atoms with van der Waals surface area (Å²) in [5, 5.41) is 0. The monoisotopic (exact) mass is 196 g/mol. The van der Waals surface area contributed by atoms with Crippen LogP contribution in [0.25, 0.3) is 0 Å². The zero-order valence-electron chi connectivity index (χ0n) is 9.30. The molecule has 0 aliphatic heterocycles. The van der Waals surface area contributed by atoms with Crippen molar-refractivity contribution in [2.24, 2.45) is 5.41 Å². The number of carbonyl (C=O) groups excluding carboxylic acids is 2. The molecule has 0 amide bonds. The molecule has 0 aliphatic carbocycles. The zero-order valence-corrected chi connectivity index (χ0v) is 9.30. The Morgan fingerprint density at radius 3 is 1.86 bits per heavy atom. The van der Waals surface area contributed by atoms with Crippen molar-refractivity contribution in [2.45, 2.75) is 40.2 Å². The molecule has 3 nitrogen and oxygen atoms in total. The minimum absolute atomic E-state index is 0.380. The summed E-state index contributed by atoms with van der Waals surface area (Å²) in [4.78, 5) is 22.7. The summed E-state index contributed by atoms with van der Waals surface area (Å²) in [5.41, 5.74) is -2.10. The normalized spacial score (nSPS) is 15.1. The molecule has 0 aromatic heterocycles. The molecule has 0 rings (SSSR count). The molecular formula is C11H16O3. The fourth-order valence-electron chi connectivity index (χ4n) is 0.684. The van der Waals surface area contributed by atoms with Gasteiger partial charge in [0.15, 0.2) is 11.2 Å². The molecule has 0 N–H and O–H groups in total. The van der Waals surface area contributed by atoms with Crippen LogP contribution in [-0.2, 0) is 14.3 Å². The average Bonchev–Trinajstić information content (AvgIpc) is 1.99. The largest absolute Gasteiger partial charge is 0.459 e. The van der Waals surface area contributed by atoms with E-state index in [0.29, 0.717) is 0 Å². The van der Waals surface area contributed by atoms with Crippen molar-refractivity contribution in [3.63, 3.8) is 0 Å². The first-order valence-electron chi connectivity index (χ1n) is 4.36. The lowest BCUT2D eigenvalue weighted by atomic mass is 9.87. The first-order chi connectivity index (χ1) is 6.13. The van der Waals surface area contributed by atoms with Gasteiger partial charge in [-0.3, -0.25) is 4.79 Å². The molecular weight excluding hydrogens is 180 g/mol. The van der Waals surface area contributed by atoms with Gasteiger partial charge in [-0.15, -0.1) is 6.42 Å². The van der Waals surface area contributed by atoms with Crippen molar-refractivity contribution in [2.75, 3.05) is 0 Å². The van der Waals surface area contributed by atoms with Crippen LogP contribution in [0.5, 0.6) is 0 Å². The van der Waals surface area contributed by atoms with E-state index < -0.39 is 17.0 Å². The Morgan fingerprint density at radius 2 is 1.64 bits per heavy atom. The van der Waals surface area contributed by atoms with Gasteiger partial charge in [0.25, 0.3) is 0 Å². The highest BCUT2D eigenvalue weighted by molar-refractivity contribution is 6.05. The van der Waals surface area contributed by atoms with Crippen molar-refractivity contribution in [3.05, 3.63) is 0 Å². The molecule has 3 heteroatoms. The van der Waals surface area contributed by atoms with Gasteiger partial charge >= 0.3 is 5.97 Å². The molecule has 0 aromatic rings. The summed E-state index contributed by atoms with van der Waals surface area (Å²) in [6.45, 7) is 7.85. The maximum Gasteiger partial charge on any atom is 0.332 e. The van der Waals surface area contributed by atoms with Crippen LogP contribution in [0.15, 0.2) is 0 Å². The Bertz CT molecular complexity index is 291. The summed E-state index contributed by atoms with van der Waals surface area (Å²) < 4.78 is 5.05. The fourth-order valence-corrected chi connectivity index (χ4v) is 0.684. The highest BCUT2D eigenvalue weighted by Gasteiger charge is 2.39. The summed E-state index contributed by atoms with van der Waals surface area (Å²) in [7, 11) is 0. The highest BCUT2D eigenvalue weighted by atomic mass is 16.6. The van der Waals surface area contributed by atoms with Crippen LogP contribution in [0.1, 0.15) is 34.6 Å². The molecule has 0 saturated heterocycles. The summed E-state index contributed by atoms with van der Waals surface area (Å²) in [5.74, 6) is 1.13. The van der Waals surface area contributed by atoms with Gasteiger partial charge in [0.2, 0.25) is 0 Å². The predicted molar refractivity (Wildman–Crippen MR) is 53.5 cm³/mol. The molecule has 0 spiro atoms. The third kappa shape index (κ3) is 2.88. The van der Waals surface area contributed by atoms with E-state index in [1.165, 1.54) is 13.8 Å². The van der Waals surface area contributed by atoms with Crippen LogP contribution < -0.4 is 0 Å². The molecule has 0 aromatic carbocycles. The lowest BCUT2D eigenvalue weighted by molar-refractivity contribution is -0.165. The maximum atomic E-state index is 11.6. The third-order valence-electron chi connectivity index (χ3n) is 1.80. The van der Waals surface area contributed by atoms with Crippen LogP contribution in [-0.4, -0.2) is 17.4 Å². The Kier molecular flexibility index (Phi) is 3.47. The van der Waals surface area contributed by atoms with E-state index in [1.54, 1.807) is 20.8 Å². The van der Waals surface area contributed by atoms with E-state index in [0.717, 1.165) is 0 Å². The maximum absolute atomic E-state index is 11.6. The van der Waals surface area contributed by atoms with Crippen LogP contribution in [0.3, 0.4) is 0 Å². The number of ketones is 1. The van der Waals surface area contributed by atoms with Gasteiger partial charge in [0.1, 0.15) is 5.60 Å². The van der Waals surface area contributed by atoms with Crippen molar-refractivity contribution in [1.82, 2.24) is 0 Å². The second-order valence-corrected chi connectivity index (χ2v) is 4.33. The quantitative estimate of drug-likeness (QED) is 0.382. The molecule has 78 valence electrons. The number of Topliss-reactive ketones (excluding diaryl/α,β-unsaturated/α-hetero) is 1. The molecule has 0 saturated carbocycles. The second-order valence-electron chi connectivity index (χ2n) is 4.33. The van der Waals surface area contributed by atoms with Crippen LogP contribution in [0, 0.1) is 17.8 Å². The van der Waals surface area contributed by atoms with Gasteiger partial charge in [-0.2, -0.15) is 0 Å². The minimum atomic E-state index is -1.46. The Balaban J connectivity index is 4.85. The number of rotatable bonds is 2. The van der Waals surface area contributed by atoms with Gasteiger partial charge < -0.3 is 4.74 Å². The molecule has 0 heterocycles. The van der Waals surface area contributed by atoms with Crippen LogP contribution >= 0.6 is 0 Å². The summed E-state index contributed by atoms with van der Waals surface area (Å²) in [6.07, 6.45) is 5.16. The van der Waals surface area contributed by atoms with E-state index in [9.17, 15) is 9.59 Å². The van der Waals surface area contributed by atoms with Crippen LogP contribution in [0.4, 0.5) is 0 Å². The lowest BCUT2D eigenvalue weighted by Crippen LogP contribution is -2.39. The second kappa shape index (κ2) is 3.83. The van der Waals surface area contributed by atoms with Gasteiger partial charge in [0.05, 0.1) is 0 Å².